The number of nitrogens with zero attached hydrogens (tertiary/aromatic N) is 3. The van der Waals surface area contributed by atoms with Gasteiger partial charge in [0.1, 0.15) is 5.69 Å². The van der Waals surface area contributed by atoms with E-state index in [1.165, 1.54) is 0 Å². The highest BCUT2D eigenvalue weighted by Gasteiger charge is 2.14. The van der Waals surface area contributed by atoms with Gasteiger partial charge in [0.25, 0.3) is 0 Å². The van der Waals surface area contributed by atoms with Gasteiger partial charge in [-0.1, -0.05) is 12.1 Å². The highest BCUT2D eigenvalue weighted by atomic mass is 79.9. The number of hydrogen-bond donors (Lipinski definition) is 1. The van der Waals surface area contributed by atoms with Crippen molar-refractivity contribution in [3.63, 3.8) is 0 Å². The average molecular weight is 283 g/mol. The molecule has 1 unspecified atom stereocenters. The average Bonchev–Trinajstić information content (AvgIpc) is 2.78. The summed E-state index contributed by atoms with van der Waals surface area (Å²) in [6, 6.07) is 3.70. The number of halogens is 1. The van der Waals surface area contributed by atoms with E-state index in [9.17, 15) is 0 Å². The molecule has 0 saturated carbocycles. The van der Waals surface area contributed by atoms with Crippen LogP contribution in [-0.4, -0.2) is 21.7 Å². The zero-order valence-corrected chi connectivity index (χ0v) is 10.3. The second-order valence-electron chi connectivity index (χ2n) is 3.45. The maximum atomic E-state index is 5.52. The summed E-state index contributed by atoms with van der Waals surface area (Å²) in [5, 5.41) is 3.87. The Balaban J connectivity index is 2.28. The van der Waals surface area contributed by atoms with Gasteiger partial charge in [0, 0.05) is 23.1 Å². The van der Waals surface area contributed by atoms with E-state index in [1.54, 1.807) is 6.20 Å². The number of pyridine rings is 1. The first-order valence-electron chi connectivity index (χ1n) is 4.86. The minimum absolute atomic E-state index is 0.0664. The number of hydrogen-bond acceptors (Lipinski definition) is 5. The standard InChI is InChI=1S/C10H11BrN4O/c1-6(4-12)10-14-9(15-16-10)8-3-2-7(11)5-13-8/h2-3,5-6H,4,12H2,1H3. The topological polar surface area (TPSA) is 77.8 Å². The third kappa shape index (κ3) is 2.28. The fourth-order valence-corrected chi connectivity index (χ4v) is 1.38. The SMILES string of the molecule is CC(CN)c1nc(-c2ccc(Br)cn2)no1. The van der Waals surface area contributed by atoms with Crippen LogP contribution in [0.5, 0.6) is 0 Å². The Morgan fingerprint density at radius 3 is 2.94 bits per heavy atom. The lowest BCUT2D eigenvalue weighted by Crippen LogP contribution is -2.08. The van der Waals surface area contributed by atoms with Crippen molar-refractivity contribution >= 4 is 15.9 Å². The predicted octanol–water partition coefficient (Wildman–Crippen LogP) is 1.96. The van der Waals surface area contributed by atoms with E-state index in [-0.39, 0.29) is 5.92 Å². The zero-order chi connectivity index (χ0) is 11.5. The molecule has 0 fully saturated rings. The minimum Gasteiger partial charge on any atom is -0.339 e. The quantitative estimate of drug-likeness (QED) is 0.931. The number of nitrogens with two attached hydrogens (primary N) is 1. The molecular formula is C10H11BrN4O. The summed E-state index contributed by atoms with van der Waals surface area (Å²) < 4.78 is 6.02. The van der Waals surface area contributed by atoms with Gasteiger partial charge >= 0.3 is 0 Å². The van der Waals surface area contributed by atoms with Crippen molar-refractivity contribution in [2.45, 2.75) is 12.8 Å². The van der Waals surface area contributed by atoms with Crippen molar-refractivity contribution in [3.05, 3.63) is 28.7 Å². The first-order chi connectivity index (χ1) is 7.70. The third-order valence-electron chi connectivity index (χ3n) is 2.17. The summed E-state index contributed by atoms with van der Waals surface area (Å²) in [7, 11) is 0. The van der Waals surface area contributed by atoms with Crippen LogP contribution in [-0.2, 0) is 0 Å². The molecule has 0 bridgehead atoms. The van der Waals surface area contributed by atoms with Gasteiger partial charge in [-0.15, -0.1) is 0 Å². The number of aromatic nitrogens is 3. The van der Waals surface area contributed by atoms with E-state index in [4.69, 9.17) is 10.3 Å². The smallest absolute Gasteiger partial charge is 0.231 e. The second kappa shape index (κ2) is 4.71. The van der Waals surface area contributed by atoms with Crippen LogP contribution in [0.4, 0.5) is 0 Å². The Hall–Kier alpha value is -1.27. The molecule has 5 nitrogen and oxygen atoms in total. The molecule has 2 aromatic heterocycles. The van der Waals surface area contributed by atoms with E-state index in [0.717, 1.165) is 4.47 Å². The molecule has 0 aliphatic rings. The van der Waals surface area contributed by atoms with Crippen LogP contribution in [0.15, 0.2) is 27.3 Å². The van der Waals surface area contributed by atoms with Gasteiger partial charge in [0.05, 0.1) is 0 Å². The van der Waals surface area contributed by atoms with Crippen molar-refractivity contribution in [3.8, 4) is 11.5 Å². The molecule has 0 radical (unpaired) electrons. The molecule has 2 rings (SSSR count). The third-order valence-corrected chi connectivity index (χ3v) is 2.64. The lowest BCUT2D eigenvalue weighted by molar-refractivity contribution is 0.361. The highest BCUT2D eigenvalue weighted by Crippen LogP contribution is 2.18. The van der Waals surface area contributed by atoms with Gasteiger partial charge in [-0.3, -0.25) is 4.98 Å². The Kier molecular flexibility index (Phi) is 3.31. The van der Waals surface area contributed by atoms with Gasteiger partial charge in [-0.2, -0.15) is 4.98 Å². The fourth-order valence-electron chi connectivity index (χ4n) is 1.15. The summed E-state index contributed by atoms with van der Waals surface area (Å²) >= 11 is 3.31. The Morgan fingerprint density at radius 1 is 1.50 bits per heavy atom. The molecule has 0 spiro atoms. The molecule has 0 aromatic carbocycles. The van der Waals surface area contributed by atoms with Crippen molar-refractivity contribution in [1.82, 2.24) is 15.1 Å². The molecule has 0 amide bonds. The maximum absolute atomic E-state index is 5.52. The summed E-state index contributed by atoms with van der Waals surface area (Å²) in [6.07, 6.45) is 1.69. The molecular weight excluding hydrogens is 272 g/mol. The van der Waals surface area contributed by atoms with Crippen LogP contribution in [0.25, 0.3) is 11.5 Å². The van der Waals surface area contributed by atoms with E-state index < -0.39 is 0 Å². The van der Waals surface area contributed by atoms with Crippen molar-refractivity contribution in [1.29, 1.82) is 0 Å². The molecule has 2 aromatic rings. The zero-order valence-electron chi connectivity index (χ0n) is 8.72. The van der Waals surface area contributed by atoms with E-state index in [0.29, 0.717) is 24.0 Å². The molecule has 0 aliphatic heterocycles. The lowest BCUT2D eigenvalue weighted by Gasteiger charge is -1.98. The first kappa shape index (κ1) is 11.2. The van der Waals surface area contributed by atoms with Gasteiger partial charge in [0.2, 0.25) is 11.7 Å². The van der Waals surface area contributed by atoms with Crippen LogP contribution in [0.3, 0.4) is 0 Å². The largest absolute Gasteiger partial charge is 0.339 e. The van der Waals surface area contributed by atoms with Gasteiger partial charge in [-0.25, -0.2) is 0 Å². The van der Waals surface area contributed by atoms with Crippen LogP contribution >= 0.6 is 15.9 Å². The minimum atomic E-state index is 0.0664. The van der Waals surface area contributed by atoms with E-state index in [1.807, 2.05) is 19.1 Å². The molecule has 1 atom stereocenters. The molecule has 2 heterocycles. The molecule has 6 heteroatoms. The fraction of sp³-hybridized carbons (Fsp3) is 0.300. The molecule has 0 aliphatic carbocycles. The number of rotatable bonds is 3. The first-order valence-corrected chi connectivity index (χ1v) is 5.65. The van der Waals surface area contributed by atoms with Crippen molar-refractivity contribution in [2.24, 2.45) is 5.73 Å². The summed E-state index contributed by atoms with van der Waals surface area (Å²) in [4.78, 5) is 8.43. The summed E-state index contributed by atoms with van der Waals surface area (Å²) in [6.45, 7) is 2.42. The molecule has 84 valence electrons. The monoisotopic (exact) mass is 282 g/mol. The van der Waals surface area contributed by atoms with Crippen LogP contribution in [0.2, 0.25) is 0 Å². The highest BCUT2D eigenvalue weighted by molar-refractivity contribution is 9.10. The lowest BCUT2D eigenvalue weighted by atomic mass is 10.2. The second-order valence-corrected chi connectivity index (χ2v) is 4.37. The van der Waals surface area contributed by atoms with Crippen LogP contribution in [0.1, 0.15) is 18.7 Å². The van der Waals surface area contributed by atoms with Crippen LogP contribution < -0.4 is 5.73 Å². The molecule has 0 saturated heterocycles. The van der Waals surface area contributed by atoms with Crippen molar-refractivity contribution in [2.75, 3.05) is 6.54 Å². The Labute approximate surface area is 101 Å². The maximum Gasteiger partial charge on any atom is 0.231 e. The van der Waals surface area contributed by atoms with E-state index >= 15 is 0 Å². The van der Waals surface area contributed by atoms with Gasteiger partial charge in [-0.05, 0) is 28.1 Å². The van der Waals surface area contributed by atoms with Gasteiger partial charge < -0.3 is 10.3 Å². The molecule has 2 N–H and O–H groups in total. The molecule has 16 heavy (non-hydrogen) atoms. The normalized spacial score (nSPS) is 12.7. The Morgan fingerprint density at radius 2 is 2.31 bits per heavy atom. The van der Waals surface area contributed by atoms with E-state index in [2.05, 4.69) is 31.1 Å². The predicted molar refractivity (Wildman–Crippen MR) is 62.7 cm³/mol. The Bertz CT molecular complexity index is 468. The summed E-state index contributed by atoms with van der Waals surface area (Å²) in [5.74, 6) is 1.10. The van der Waals surface area contributed by atoms with Crippen LogP contribution in [0, 0.1) is 0 Å². The van der Waals surface area contributed by atoms with Crippen molar-refractivity contribution < 1.29 is 4.52 Å². The summed E-state index contributed by atoms with van der Waals surface area (Å²) in [5.41, 5.74) is 6.21. The van der Waals surface area contributed by atoms with Gasteiger partial charge in [0.15, 0.2) is 0 Å².